The summed E-state index contributed by atoms with van der Waals surface area (Å²) in [7, 11) is -4.16. The van der Waals surface area contributed by atoms with Gasteiger partial charge in [-0.3, -0.25) is 19.0 Å². The highest BCUT2D eigenvalue weighted by molar-refractivity contribution is 7.48. The van der Waals surface area contributed by atoms with Crippen LogP contribution in [0.1, 0.15) is 32.8 Å². The number of carbonyl (C=O) groups is 2. The minimum absolute atomic E-state index is 0.215. The first-order valence-corrected chi connectivity index (χ1v) is 11.5. The monoisotopic (exact) mass is 493 g/mol. The molecule has 1 aromatic rings. The SMILES string of the molecule is CC(C)(C)OC[C@@]12OP3(=O)OC(CN(O3)C1=O)N2C(=O)C[C@H](N)Cc1cc(F)c(F)cc1F. The van der Waals surface area contributed by atoms with Gasteiger partial charge < -0.3 is 10.5 Å². The van der Waals surface area contributed by atoms with Crippen LogP contribution < -0.4 is 5.73 Å². The molecule has 4 bridgehead atoms. The molecule has 4 aliphatic rings. The van der Waals surface area contributed by atoms with Gasteiger partial charge in [0.15, 0.2) is 17.9 Å². The van der Waals surface area contributed by atoms with Crippen molar-refractivity contribution in [2.45, 2.75) is 57.2 Å². The predicted molar refractivity (Wildman–Crippen MR) is 104 cm³/mol. The summed E-state index contributed by atoms with van der Waals surface area (Å²) in [5, 5.41) is 0.824. The van der Waals surface area contributed by atoms with Gasteiger partial charge in [-0.05, 0) is 38.8 Å². The fraction of sp³-hybridized carbons (Fsp3) is 0.579. The van der Waals surface area contributed by atoms with Crippen LogP contribution in [0.5, 0.6) is 0 Å². The molecule has 4 fully saturated rings. The van der Waals surface area contributed by atoms with Crippen LogP contribution >= 0.6 is 7.82 Å². The molecule has 2 amide bonds. The van der Waals surface area contributed by atoms with E-state index >= 15 is 0 Å². The molecule has 33 heavy (non-hydrogen) atoms. The molecule has 5 rings (SSSR count). The smallest absolute Gasteiger partial charge is 0.370 e. The van der Waals surface area contributed by atoms with Crippen molar-refractivity contribution < 1.29 is 45.7 Å². The van der Waals surface area contributed by atoms with Crippen molar-refractivity contribution in [1.29, 1.82) is 0 Å². The Labute approximate surface area is 187 Å². The van der Waals surface area contributed by atoms with Crippen LogP contribution in [0, 0.1) is 17.5 Å². The summed E-state index contributed by atoms with van der Waals surface area (Å²) in [5.41, 5.74) is 2.92. The molecular formula is C19H23F3N3O7P. The number of hydrogen-bond acceptors (Lipinski definition) is 8. The Morgan fingerprint density at radius 2 is 1.97 bits per heavy atom. The standard InChI is InChI=1S/C19H23F3N3O7P/c1-18(2,3)29-9-19-17(27)24-8-16(30-33(28,31-19)32-24)25(19)15(26)6-11(23)4-10-5-13(21)14(22)7-12(10)20/h5,7,11,16H,4,6,8-9,23H2,1-3H3/t11-,16?,19-,33?/m1/s1. The first-order valence-electron chi connectivity index (χ1n) is 10.1. The third-order valence-corrected chi connectivity index (χ3v) is 6.67. The van der Waals surface area contributed by atoms with Gasteiger partial charge >= 0.3 is 13.7 Å². The van der Waals surface area contributed by atoms with Crippen LogP contribution in [-0.4, -0.2) is 58.5 Å². The summed E-state index contributed by atoms with van der Waals surface area (Å²) in [4.78, 5) is 27.2. The van der Waals surface area contributed by atoms with Gasteiger partial charge in [0.1, 0.15) is 12.4 Å². The molecule has 0 saturated carbocycles. The summed E-state index contributed by atoms with van der Waals surface area (Å²) in [6, 6.07) is 0.0336. The zero-order chi connectivity index (χ0) is 24.3. The molecule has 4 atom stereocenters. The number of hydroxylamine groups is 2. The van der Waals surface area contributed by atoms with Gasteiger partial charge in [0.05, 0.1) is 12.1 Å². The fourth-order valence-electron chi connectivity index (χ4n) is 3.81. The third-order valence-electron chi connectivity index (χ3n) is 5.25. The van der Waals surface area contributed by atoms with Crippen LogP contribution in [0.3, 0.4) is 0 Å². The molecule has 4 heterocycles. The van der Waals surface area contributed by atoms with E-state index < -0.39 is 73.7 Å². The normalized spacial score (nSPS) is 29.7. The highest BCUT2D eigenvalue weighted by Crippen LogP contribution is 2.65. The lowest BCUT2D eigenvalue weighted by atomic mass is 10.0. The highest BCUT2D eigenvalue weighted by Gasteiger charge is 2.71. The maximum absolute atomic E-state index is 14.0. The topological polar surface area (TPSA) is 121 Å². The molecule has 0 aliphatic carbocycles. The van der Waals surface area contributed by atoms with Crippen LogP contribution in [0.15, 0.2) is 12.1 Å². The number of amides is 2. The van der Waals surface area contributed by atoms with Crippen LogP contribution in [0.4, 0.5) is 13.2 Å². The number of phosphoric ester groups is 1. The van der Waals surface area contributed by atoms with Gasteiger partial charge in [-0.2, -0.15) is 4.62 Å². The molecule has 4 saturated heterocycles. The first-order chi connectivity index (χ1) is 15.2. The van der Waals surface area contributed by atoms with Gasteiger partial charge in [-0.25, -0.2) is 27.3 Å². The summed E-state index contributed by atoms with van der Waals surface area (Å²) < 4.78 is 74.7. The molecule has 182 valence electrons. The Morgan fingerprint density at radius 3 is 2.64 bits per heavy atom. The van der Waals surface area contributed by atoms with E-state index in [0.29, 0.717) is 12.1 Å². The number of benzene rings is 1. The van der Waals surface area contributed by atoms with Gasteiger partial charge in [0.25, 0.3) is 5.72 Å². The van der Waals surface area contributed by atoms with E-state index in [1.807, 2.05) is 0 Å². The molecule has 4 aliphatic heterocycles. The van der Waals surface area contributed by atoms with E-state index in [9.17, 15) is 27.3 Å². The van der Waals surface area contributed by atoms with Gasteiger partial charge in [-0.15, -0.1) is 0 Å². The third kappa shape index (κ3) is 4.41. The molecule has 0 aromatic heterocycles. The maximum atomic E-state index is 14.0. The molecule has 1 aromatic carbocycles. The zero-order valence-corrected chi connectivity index (χ0v) is 18.9. The fourth-order valence-corrected chi connectivity index (χ4v) is 5.36. The Balaban J connectivity index is 1.57. The van der Waals surface area contributed by atoms with E-state index in [1.165, 1.54) is 0 Å². The summed E-state index contributed by atoms with van der Waals surface area (Å²) in [5.74, 6) is -5.13. The number of hydrogen-bond donors (Lipinski definition) is 1. The zero-order valence-electron chi connectivity index (χ0n) is 18.0. The molecule has 2 N–H and O–H groups in total. The van der Waals surface area contributed by atoms with Crippen LogP contribution in [-0.2, 0) is 39.0 Å². The van der Waals surface area contributed by atoms with E-state index in [1.54, 1.807) is 20.8 Å². The molecular weight excluding hydrogens is 470 g/mol. The van der Waals surface area contributed by atoms with Gasteiger partial charge in [0, 0.05) is 18.5 Å². The van der Waals surface area contributed by atoms with Crippen molar-refractivity contribution in [2.75, 3.05) is 13.2 Å². The van der Waals surface area contributed by atoms with Crippen LogP contribution in [0.2, 0.25) is 0 Å². The minimum Gasteiger partial charge on any atom is -0.370 e. The summed E-state index contributed by atoms with van der Waals surface area (Å²) in [6.45, 7) is 4.46. The van der Waals surface area contributed by atoms with Crippen LogP contribution in [0.25, 0.3) is 0 Å². The van der Waals surface area contributed by atoms with E-state index in [4.69, 9.17) is 24.1 Å². The average molecular weight is 493 g/mol. The Morgan fingerprint density at radius 1 is 1.30 bits per heavy atom. The number of rotatable bonds is 6. The number of halogens is 3. The van der Waals surface area contributed by atoms with Crippen molar-refractivity contribution in [3.8, 4) is 0 Å². The number of ether oxygens (including phenoxy) is 1. The summed E-state index contributed by atoms with van der Waals surface area (Å²) >= 11 is 0. The Kier molecular flexibility index (Phi) is 5.87. The lowest BCUT2D eigenvalue weighted by Crippen LogP contribution is -2.78. The molecule has 0 spiro atoms. The maximum Gasteiger partial charge on any atom is 0.501 e. The van der Waals surface area contributed by atoms with Crippen molar-refractivity contribution in [2.24, 2.45) is 5.73 Å². The van der Waals surface area contributed by atoms with Crippen molar-refractivity contribution in [3.63, 3.8) is 0 Å². The quantitative estimate of drug-likeness (QED) is 0.472. The van der Waals surface area contributed by atoms with Gasteiger partial charge in [0.2, 0.25) is 5.91 Å². The average Bonchev–Trinajstić information content (AvgIpc) is 2.67. The molecule has 10 nitrogen and oxygen atoms in total. The first kappa shape index (κ1) is 24.1. The largest absolute Gasteiger partial charge is 0.501 e. The summed E-state index contributed by atoms with van der Waals surface area (Å²) in [6.07, 6.45) is -1.88. The Hall–Kier alpha value is -2.02. The van der Waals surface area contributed by atoms with E-state index in [-0.39, 0.29) is 18.5 Å². The number of carbonyl (C=O) groups excluding carboxylic acids is 2. The van der Waals surface area contributed by atoms with Gasteiger partial charge in [-0.1, -0.05) is 0 Å². The lowest BCUT2D eigenvalue weighted by molar-refractivity contribution is -0.313. The number of piperazine rings is 1. The van der Waals surface area contributed by atoms with Crippen molar-refractivity contribution in [1.82, 2.24) is 9.96 Å². The molecule has 2 unspecified atom stereocenters. The minimum atomic E-state index is -4.16. The molecule has 14 heteroatoms. The second-order valence-corrected chi connectivity index (χ2v) is 10.5. The second kappa shape index (κ2) is 8.03. The Bertz CT molecular complexity index is 1050. The lowest BCUT2D eigenvalue weighted by Gasteiger charge is -2.59. The van der Waals surface area contributed by atoms with E-state index in [0.717, 1.165) is 9.96 Å². The van der Waals surface area contributed by atoms with E-state index in [2.05, 4.69) is 0 Å². The second-order valence-electron chi connectivity index (χ2n) is 9.02. The number of phosphoric acid groups is 1. The number of nitrogens with two attached hydrogens (primary N) is 1. The number of nitrogens with zero attached hydrogens (tertiary/aromatic N) is 2. The predicted octanol–water partition coefficient (Wildman–Crippen LogP) is 1.97. The van der Waals surface area contributed by atoms with Crippen molar-refractivity contribution >= 4 is 19.6 Å². The highest BCUT2D eigenvalue weighted by atomic mass is 31.2. The molecule has 0 radical (unpaired) electrons. The van der Waals surface area contributed by atoms with Crippen molar-refractivity contribution in [3.05, 3.63) is 35.1 Å².